The third kappa shape index (κ3) is 6.53. The number of benzene rings is 4. The monoisotopic (exact) mass is 626 g/mol. The number of hydrogen-bond acceptors (Lipinski definition) is 5. The van der Waals surface area contributed by atoms with E-state index in [4.69, 9.17) is 9.72 Å². The molecule has 1 aliphatic rings. The summed E-state index contributed by atoms with van der Waals surface area (Å²) < 4.78 is 8.68. The number of imidazole rings is 1. The highest BCUT2D eigenvalue weighted by Gasteiger charge is 2.24. The van der Waals surface area contributed by atoms with Crippen LogP contribution in [0.1, 0.15) is 86.5 Å². The molecule has 6 rings (SSSR count). The van der Waals surface area contributed by atoms with Crippen LogP contribution in [0.25, 0.3) is 22.4 Å². The smallest absolute Gasteiger partial charge is 0.335 e. The number of rotatable bonds is 9. The molecule has 0 spiro atoms. The molecule has 0 saturated heterocycles. The van der Waals surface area contributed by atoms with E-state index in [1.165, 1.54) is 30.7 Å². The van der Waals surface area contributed by atoms with Gasteiger partial charge in [-0.25, -0.2) is 19.4 Å². The first-order chi connectivity index (χ1) is 21.3. The number of carboxylic acid groups (broad SMARTS) is 3. The van der Waals surface area contributed by atoms with Crippen LogP contribution in [0.15, 0.2) is 91.0 Å². The Kier molecular flexibility index (Phi) is 9.20. The standard InChI is InChI=1S/C35H30N2O7.ClH/c38-33(39)24-10-6-21(7-11-24)31(22-8-12-25(13-9-22)34(40)41)44-28-17-14-23(15-18-28)32-36-29-20-26(35(42)43)16-19-30(29)37(32)27-4-2-1-3-5-27;/h6-20,27,31H,1-5H2,(H,38,39)(H,40,41)(H,42,43);1H. The summed E-state index contributed by atoms with van der Waals surface area (Å²) in [6.45, 7) is 0. The van der Waals surface area contributed by atoms with Crippen molar-refractivity contribution in [2.45, 2.75) is 44.2 Å². The van der Waals surface area contributed by atoms with Gasteiger partial charge in [0, 0.05) is 11.6 Å². The van der Waals surface area contributed by atoms with Crippen LogP contribution in [-0.2, 0) is 0 Å². The highest BCUT2D eigenvalue weighted by atomic mass is 35.5. The predicted octanol–water partition coefficient (Wildman–Crippen LogP) is 7.89. The molecule has 230 valence electrons. The number of fused-ring (bicyclic) bond motifs is 1. The SMILES string of the molecule is Cl.O=C(O)c1ccc(C(Oc2ccc(-c3nc4cc(C(=O)O)ccc4n3C3CCCCC3)cc2)c2ccc(C(=O)O)cc2)cc1. The van der Waals surface area contributed by atoms with E-state index in [0.717, 1.165) is 42.6 Å². The summed E-state index contributed by atoms with van der Waals surface area (Å²) in [4.78, 5) is 39.3. The summed E-state index contributed by atoms with van der Waals surface area (Å²) in [6.07, 6.45) is 4.89. The summed E-state index contributed by atoms with van der Waals surface area (Å²) in [6, 6.07) is 25.7. The maximum atomic E-state index is 11.6. The number of carboxylic acids is 3. The molecule has 1 aromatic heterocycles. The van der Waals surface area contributed by atoms with Crippen molar-refractivity contribution in [1.82, 2.24) is 9.55 Å². The average molecular weight is 627 g/mol. The van der Waals surface area contributed by atoms with Gasteiger partial charge in [-0.2, -0.15) is 0 Å². The molecule has 9 nitrogen and oxygen atoms in total. The number of aromatic carboxylic acids is 3. The molecular formula is C35H31ClN2O7. The van der Waals surface area contributed by atoms with Crippen LogP contribution in [0.5, 0.6) is 5.75 Å². The van der Waals surface area contributed by atoms with Gasteiger partial charge in [-0.3, -0.25) is 0 Å². The number of halogens is 1. The van der Waals surface area contributed by atoms with Crippen molar-refractivity contribution in [1.29, 1.82) is 0 Å². The van der Waals surface area contributed by atoms with Gasteiger partial charge in [-0.1, -0.05) is 43.5 Å². The fourth-order valence-electron chi connectivity index (χ4n) is 5.89. The summed E-state index contributed by atoms with van der Waals surface area (Å²) in [7, 11) is 0. The lowest BCUT2D eigenvalue weighted by atomic mass is 9.95. The molecule has 1 saturated carbocycles. The third-order valence-electron chi connectivity index (χ3n) is 8.16. The number of hydrogen-bond donors (Lipinski definition) is 3. The lowest BCUT2D eigenvalue weighted by Crippen LogP contribution is -2.14. The molecule has 4 aromatic carbocycles. The van der Waals surface area contributed by atoms with Crippen molar-refractivity contribution in [2.24, 2.45) is 0 Å². The fraction of sp³-hybridized carbons (Fsp3) is 0.200. The molecule has 10 heteroatoms. The first-order valence-electron chi connectivity index (χ1n) is 14.5. The van der Waals surface area contributed by atoms with Crippen molar-refractivity contribution in [2.75, 3.05) is 0 Å². The molecule has 45 heavy (non-hydrogen) atoms. The number of aromatic nitrogens is 2. The lowest BCUT2D eigenvalue weighted by molar-refractivity contribution is 0.0686. The Morgan fingerprint density at radius 2 is 1.20 bits per heavy atom. The molecule has 1 heterocycles. The first-order valence-corrected chi connectivity index (χ1v) is 14.5. The quantitative estimate of drug-likeness (QED) is 0.150. The molecule has 0 aliphatic heterocycles. The van der Waals surface area contributed by atoms with Gasteiger partial charge in [0.25, 0.3) is 0 Å². The van der Waals surface area contributed by atoms with Gasteiger partial charge in [0.15, 0.2) is 0 Å². The van der Waals surface area contributed by atoms with Gasteiger partial charge in [-0.05, 0) is 90.7 Å². The van der Waals surface area contributed by atoms with E-state index in [0.29, 0.717) is 22.4 Å². The van der Waals surface area contributed by atoms with Crippen LogP contribution in [0, 0.1) is 0 Å². The van der Waals surface area contributed by atoms with Gasteiger partial charge in [0.2, 0.25) is 0 Å². The van der Waals surface area contributed by atoms with Crippen LogP contribution in [0.4, 0.5) is 0 Å². The van der Waals surface area contributed by atoms with Crippen molar-refractivity contribution < 1.29 is 34.4 Å². The minimum absolute atomic E-state index is 0. The predicted molar refractivity (Wildman–Crippen MR) is 171 cm³/mol. The molecule has 0 unspecified atom stereocenters. The Balaban J connectivity index is 0.00000400. The Morgan fingerprint density at radius 3 is 1.71 bits per heavy atom. The number of ether oxygens (including phenoxy) is 1. The van der Waals surface area contributed by atoms with Crippen LogP contribution < -0.4 is 4.74 Å². The molecule has 1 fully saturated rings. The Hall–Kier alpha value is -5.15. The summed E-state index contributed by atoms with van der Waals surface area (Å²) >= 11 is 0. The molecule has 1 aliphatic carbocycles. The number of nitrogens with zero attached hydrogens (tertiary/aromatic N) is 2. The molecular weight excluding hydrogens is 596 g/mol. The van der Waals surface area contributed by atoms with Crippen LogP contribution in [-0.4, -0.2) is 42.8 Å². The normalized spacial score (nSPS) is 13.4. The topological polar surface area (TPSA) is 139 Å². The van der Waals surface area contributed by atoms with Crippen molar-refractivity contribution >= 4 is 41.3 Å². The van der Waals surface area contributed by atoms with E-state index in [2.05, 4.69) is 4.57 Å². The Labute approximate surface area is 265 Å². The van der Waals surface area contributed by atoms with E-state index >= 15 is 0 Å². The van der Waals surface area contributed by atoms with Crippen molar-refractivity contribution in [3.05, 3.63) is 119 Å². The van der Waals surface area contributed by atoms with Crippen LogP contribution in [0.3, 0.4) is 0 Å². The third-order valence-corrected chi connectivity index (χ3v) is 8.16. The zero-order valence-corrected chi connectivity index (χ0v) is 24.9. The second kappa shape index (κ2) is 13.2. The highest BCUT2D eigenvalue weighted by molar-refractivity contribution is 5.93. The minimum Gasteiger partial charge on any atom is -0.481 e. The van der Waals surface area contributed by atoms with E-state index in [1.54, 1.807) is 36.4 Å². The molecule has 0 atom stereocenters. The maximum absolute atomic E-state index is 11.6. The first kappa shape index (κ1) is 31.3. The second-order valence-electron chi connectivity index (χ2n) is 11.0. The van der Waals surface area contributed by atoms with Gasteiger partial charge in [0.1, 0.15) is 17.7 Å². The van der Waals surface area contributed by atoms with Crippen LogP contribution in [0.2, 0.25) is 0 Å². The highest BCUT2D eigenvalue weighted by Crippen LogP contribution is 2.37. The fourth-order valence-corrected chi connectivity index (χ4v) is 5.89. The molecule has 0 radical (unpaired) electrons. The molecule has 0 amide bonds. The molecule has 3 N–H and O–H groups in total. The lowest BCUT2D eigenvalue weighted by Gasteiger charge is -2.26. The Bertz CT molecular complexity index is 1790. The Morgan fingerprint density at radius 1 is 0.689 bits per heavy atom. The van der Waals surface area contributed by atoms with Crippen LogP contribution >= 0.6 is 12.4 Å². The van der Waals surface area contributed by atoms with E-state index in [-0.39, 0.29) is 35.1 Å². The average Bonchev–Trinajstić information content (AvgIpc) is 3.43. The maximum Gasteiger partial charge on any atom is 0.335 e. The van der Waals surface area contributed by atoms with Gasteiger partial charge >= 0.3 is 17.9 Å². The van der Waals surface area contributed by atoms with E-state index in [9.17, 15) is 29.7 Å². The van der Waals surface area contributed by atoms with Crippen molar-refractivity contribution in [3.63, 3.8) is 0 Å². The number of carbonyl (C=O) groups is 3. The molecule has 0 bridgehead atoms. The zero-order chi connectivity index (χ0) is 30.8. The summed E-state index contributed by atoms with van der Waals surface area (Å²) in [5.41, 5.74) is 4.31. The second-order valence-corrected chi connectivity index (χ2v) is 11.0. The van der Waals surface area contributed by atoms with Gasteiger partial charge < -0.3 is 24.6 Å². The van der Waals surface area contributed by atoms with Gasteiger partial charge in [-0.15, -0.1) is 12.4 Å². The van der Waals surface area contributed by atoms with E-state index in [1.807, 2.05) is 30.3 Å². The zero-order valence-electron chi connectivity index (χ0n) is 24.1. The summed E-state index contributed by atoms with van der Waals surface area (Å²) in [5, 5.41) is 28.2. The minimum atomic E-state index is -1.03. The van der Waals surface area contributed by atoms with E-state index < -0.39 is 24.0 Å². The van der Waals surface area contributed by atoms with Crippen molar-refractivity contribution in [3.8, 4) is 17.1 Å². The molecule has 5 aromatic rings. The summed E-state index contributed by atoms with van der Waals surface area (Å²) in [5.74, 6) is -1.74. The largest absolute Gasteiger partial charge is 0.481 e. The van der Waals surface area contributed by atoms with Gasteiger partial charge in [0.05, 0.1) is 27.7 Å².